The van der Waals surface area contributed by atoms with Crippen molar-refractivity contribution in [1.82, 2.24) is 0 Å². The Bertz CT molecular complexity index is 691. The molecule has 6 heteroatoms. The van der Waals surface area contributed by atoms with Gasteiger partial charge in [-0.3, -0.25) is 0 Å². The van der Waals surface area contributed by atoms with Crippen LogP contribution in [-0.2, 0) is 6.18 Å². The van der Waals surface area contributed by atoms with E-state index in [-0.39, 0.29) is 5.56 Å². The van der Waals surface area contributed by atoms with E-state index in [1.807, 2.05) is 6.92 Å². The first-order chi connectivity index (χ1) is 10.8. The molecule has 0 fully saturated rings. The van der Waals surface area contributed by atoms with Crippen LogP contribution in [0.1, 0.15) is 29.3 Å². The van der Waals surface area contributed by atoms with Gasteiger partial charge >= 0.3 is 12.1 Å². The zero-order valence-electron chi connectivity index (χ0n) is 12.4. The summed E-state index contributed by atoms with van der Waals surface area (Å²) in [4.78, 5) is 10.9. The zero-order valence-corrected chi connectivity index (χ0v) is 12.4. The van der Waals surface area contributed by atoms with Gasteiger partial charge in [-0.1, -0.05) is 25.1 Å². The fourth-order valence-corrected chi connectivity index (χ4v) is 2.11. The Hall–Kier alpha value is -2.50. The second-order valence-electron chi connectivity index (χ2n) is 4.94. The number of carbonyl (C=O) groups is 1. The van der Waals surface area contributed by atoms with Gasteiger partial charge in [0.15, 0.2) is 0 Å². The first-order valence-electron chi connectivity index (χ1n) is 7.00. The van der Waals surface area contributed by atoms with Gasteiger partial charge in [0, 0.05) is 0 Å². The maximum absolute atomic E-state index is 13.2. The first kappa shape index (κ1) is 16.9. The average molecular weight is 324 g/mol. The third-order valence-corrected chi connectivity index (χ3v) is 3.21. The second kappa shape index (κ2) is 6.73. The van der Waals surface area contributed by atoms with Crippen LogP contribution in [0.25, 0.3) is 11.1 Å². The summed E-state index contributed by atoms with van der Waals surface area (Å²) >= 11 is 0. The molecule has 2 aromatic rings. The van der Waals surface area contributed by atoms with Crippen LogP contribution in [0.15, 0.2) is 42.5 Å². The summed E-state index contributed by atoms with van der Waals surface area (Å²) in [5.41, 5.74) is -1.09. The molecule has 0 aliphatic rings. The van der Waals surface area contributed by atoms with Crippen LogP contribution in [0.5, 0.6) is 5.75 Å². The zero-order chi connectivity index (χ0) is 17.0. The van der Waals surface area contributed by atoms with E-state index in [1.165, 1.54) is 18.2 Å². The fraction of sp³-hybridized carbons (Fsp3) is 0.235. The molecular formula is C17H15F3O3. The molecule has 3 nitrogen and oxygen atoms in total. The molecule has 122 valence electrons. The first-order valence-corrected chi connectivity index (χ1v) is 7.00. The van der Waals surface area contributed by atoms with Crippen molar-refractivity contribution in [3.05, 3.63) is 53.6 Å². The number of carboxylic acid groups (broad SMARTS) is 1. The lowest BCUT2D eigenvalue weighted by atomic mass is 9.97. The van der Waals surface area contributed by atoms with Gasteiger partial charge in [-0.05, 0) is 41.8 Å². The Morgan fingerprint density at radius 2 is 1.78 bits per heavy atom. The van der Waals surface area contributed by atoms with Gasteiger partial charge in [-0.25, -0.2) is 4.79 Å². The summed E-state index contributed by atoms with van der Waals surface area (Å²) in [7, 11) is 0. The predicted molar refractivity (Wildman–Crippen MR) is 79.6 cm³/mol. The van der Waals surface area contributed by atoms with Gasteiger partial charge in [0.05, 0.1) is 17.7 Å². The molecule has 0 aliphatic carbocycles. The summed E-state index contributed by atoms with van der Waals surface area (Å²) in [6, 6.07) is 9.22. The lowest BCUT2D eigenvalue weighted by molar-refractivity contribution is -0.137. The van der Waals surface area contributed by atoms with Crippen LogP contribution in [0.2, 0.25) is 0 Å². The number of hydrogen-bond acceptors (Lipinski definition) is 2. The SMILES string of the molecule is CCCOc1ccc(-c2ccc(C(=O)O)cc2C(F)(F)F)cc1. The smallest absolute Gasteiger partial charge is 0.417 e. The highest BCUT2D eigenvalue weighted by Gasteiger charge is 2.34. The van der Waals surface area contributed by atoms with Crippen LogP contribution in [0.4, 0.5) is 13.2 Å². The van der Waals surface area contributed by atoms with E-state index in [0.717, 1.165) is 12.5 Å². The number of halogens is 3. The fourth-order valence-electron chi connectivity index (χ4n) is 2.11. The molecule has 0 atom stereocenters. The monoisotopic (exact) mass is 324 g/mol. The summed E-state index contributed by atoms with van der Waals surface area (Å²) in [6.07, 6.45) is -3.81. The molecule has 0 bridgehead atoms. The number of carboxylic acids is 1. The van der Waals surface area contributed by atoms with E-state index in [1.54, 1.807) is 12.1 Å². The van der Waals surface area contributed by atoms with Crippen LogP contribution in [-0.4, -0.2) is 17.7 Å². The average Bonchev–Trinajstić information content (AvgIpc) is 2.52. The molecule has 0 saturated carbocycles. The highest BCUT2D eigenvalue weighted by Crippen LogP contribution is 2.38. The molecule has 0 aliphatic heterocycles. The minimum absolute atomic E-state index is 0.0652. The van der Waals surface area contributed by atoms with Crippen molar-refractivity contribution >= 4 is 5.97 Å². The van der Waals surface area contributed by atoms with Crippen molar-refractivity contribution in [3.63, 3.8) is 0 Å². The molecule has 0 heterocycles. The Morgan fingerprint density at radius 3 is 2.30 bits per heavy atom. The summed E-state index contributed by atoms with van der Waals surface area (Å²) in [6.45, 7) is 2.48. The van der Waals surface area contributed by atoms with Crippen LogP contribution >= 0.6 is 0 Å². The third kappa shape index (κ3) is 4.03. The molecule has 2 rings (SSSR count). The molecule has 0 unspecified atom stereocenters. The molecular weight excluding hydrogens is 309 g/mol. The number of benzene rings is 2. The molecule has 0 saturated heterocycles. The van der Waals surface area contributed by atoms with Crippen molar-refractivity contribution in [2.75, 3.05) is 6.61 Å². The van der Waals surface area contributed by atoms with E-state index in [4.69, 9.17) is 9.84 Å². The quantitative estimate of drug-likeness (QED) is 0.854. The predicted octanol–water partition coefficient (Wildman–Crippen LogP) is 4.86. The number of rotatable bonds is 5. The highest BCUT2D eigenvalue weighted by atomic mass is 19.4. The molecule has 0 radical (unpaired) electrons. The lowest BCUT2D eigenvalue weighted by Crippen LogP contribution is -2.09. The minimum Gasteiger partial charge on any atom is -0.494 e. The van der Waals surface area contributed by atoms with E-state index in [0.29, 0.717) is 24.0 Å². The normalized spacial score (nSPS) is 11.3. The van der Waals surface area contributed by atoms with Crippen molar-refractivity contribution in [3.8, 4) is 16.9 Å². The minimum atomic E-state index is -4.64. The van der Waals surface area contributed by atoms with Crippen LogP contribution < -0.4 is 4.74 Å². The Balaban J connectivity index is 2.44. The van der Waals surface area contributed by atoms with Crippen LogP contribution in [0.3, 0.4) is 0 Å². The van der Waals surface area contributed by atoms with Gasteiger partial charge < -0.3 is 9.84 Å². The maximum atomic E-state index is 13.2. The summed E-state index contributed by atoms with van der Waals surface area (Å²) < 4.78 is 45.0. The number of hydrogen-bond donors (Lipinski definition) is 1. The molecule has 1 N–H and O–H groups in total. The second-order valence-corrected chi connectivity index (χ2v) is 4.94. The van der Waals surface area contributed by atoms with E-state index < -0.39 is 23.3 Å². The lowest BCUT2D eigenvalue weighted by Gasteiger charge is -2.14. The van der Waals surface area contributed by atoms with E-state index in [2.05, 4.69) is 0 Å². The molecule has 23 heavy (non-hydrogen) atoms. The van der Waals surface area contributed by atoms with Gasteiger partial charge in [-0.15, -0.1) is 0 Å². The van der Waals surface area contributed by atoms with Gasteiger partial charge in [0.1, 0.15) is 5.75 Å². The van der Waals surface area contributed by atoms with Gasteiger partial charge in [-0.2, -0.15) is 13.2 Å². The van der Waals surface area contributed by atoms with Gasteiger partial charge in [0.2, 0.25) is 0 Å². The summed E-state index contributed by atoms with van der Waals surface area (Å²) in [5, 5.41) is 8.87. The van der Waals surface area contributed by atoms with Crippen LogP contribution in [0, 0.1) is 0 Å². The molecule has 0 amide bonds. The summed E-state index contributed by atoms with van der Waals surface area (Å²) in [5.74, 6) is -0.823. The Kier molecular flexibility index (Phi) is 4.93. The van der Waals surface area contributed by atoms with E-state index in [9.17, 15) is 18.0 Å². The largest absolute Gasteiger partial charge is 0.494 e. The Morgan fingerprint density at radius 1 is 1.13 bits per heavy atom. The highest BCUT2D eigenvalue weighted by molar-refractivity contribution is 5.89. The number of alkyl halides is 3. The van der Waals surface area contributed by atoms with Gasteiger partial charge in [0.25, 0.3) is 0 Å². The van der Waals surface area contributed by atoms with Crippen molar-refractivity contribution in [1.29, 1.82) is 0 Å². The Labute approximate surface area is 131 Å². The molecule has 0 spiro atoms. The van der Waals surface area contributed by atoms with Crippen molar-refractivity contribution < 1.29 is 27.8 Å². The molecule has 0 aromatic heterocycles. The standard InChI is InChI=1S/C17H15F3O3/c1-2-9-23-13-6-3-11(4-7-13)14-8-5-12(16(21)22)10-15(14)17(18,19)20/h3-8,10H,2,9H2,1H3,(H,21,22). The molecule has 2 aromatic carbocycles. The maximum Gasteiger partial charge on any atom is 0.417 e. The third-order valence-electron chi connectivity index (χ3n) is 3.21. The topological polar surface area (TPSA) is 46.5 Å². The van der Waals surface area contributed by atoms with Crippen molar-refractivity contribution in [2.24, 2.45) is 0 Å². The number of aromatic carboxylic acids is 1. The number of ether oxygens (including phenoxy) is 1. The van der Waals surface area contributed by atoms with Crippen molar-refractivity contribution in [2.45, 2.75) is 19.5 Å². The van der Waals surface area contributed by atoms with E-state index >= 15 is 0 Å².